The molecule has 1 saturated heterocycles. The zero-order valence-corrected chi connectivity index (χ0v) is 15.0. The number of anilines is 1. The Labute approximate surface area is 154 Å². The van der Waals surface area contributed by atoms with Gasteiger partial charge in [-0.25, -0.2) is 0 Å². The van der Waals surface area contributed by atoms with Gasteiger partial charge in [0, 0.05) is 37.2 Å². The van der Waals surface area contributed by atoms with E-state index in [9.17, 15) is 9.59 Å². The molecule has 2 aromatic rings. The van der Waals surface area contributed by atoms with Crippen molar-refractivity contribution in [3.63, 3.8) is 0 Å². The number of hydrogen-bond donors (Lipinski definition) is 1. The lowest BCUT2D eigenvalue weighted by Crippen LogP contribution is -2.38. The van der Waals surface area contributed by atoms with Gasteiger partial charge in [-0.2, -0.15) is 0 Å². The number of morpholine rings is 1. The lowest BCUT2D eigenvalue weighted by atomic mass is 9.99. The molecule has 0 radical (unpaired) electrons. The largest absolute Gasteiger partial charge is 0.379 e. The number of carbonyl (C=O) groups excluding carboxylic acids is 2. The van der Waals surface area contributed by atoms with E-state index < -0.39 is 0 Å². The van der Waals surface area contributed by atoms with Crippen molar-refractivity contribution in [1.82, 2.24) is 4.90 Å². The molecule has 0 aliphatic carbocycles. The zero-order chi connectivity index (χ0) is 18.4. The molecule has 0 aromatic heterocycles. The highest BCUT2D eigenvalue weighted by atomic mass is 16.5. The fourth-order valence-corrected chi connectivity index (χ4v) is 3.00. The highest BCUT2D eigenvalue weighted by Crippen LogP contribution is 2.21. The summed E-state index contributed by atoms with van der Waals surface area (Å²) in [6, 6.07) is 14.7. The number of aryl methyl sites for hydroxylation is 1. The van der Waals surface area contributed by atoms with Gasteiger partial charge in [-0.1, -0.05) is 42.0 Å². The van der Waals surface area contributed by atoms with E-state index >= 15 is 0 Å². The third-order valence-corrected chi connectivity index (χ3v) is 4.49. The fraction of sp³-hybridized carbons (Fsp3) is 0.333. The molecular weight excluding hydrogens is 328 g/mol. The van der Waals surface area contributed by atoms with E-state index in [1.807, 2.05) is 37.3 Å². The van der Waals surface area contributed by atoms with Crippen molar-refractivity contribution in [2.45, 2.75) is 13.3 Å². The summed E-state index contributed by atoms with van der Waals surface area (Å²) in [5.41, 5.74) is 2.69. The minimum absolute atomic E-state index is 0.0811. The molecule has 5 nitrogen and oxygen atoms in total. The molecule has 1 aliphatic rings. The number of ketones is 1. The van der Waals surface area contributed by atoms with Crippen molar-refractivity contribution in [1.29, 1.82) is 0 Å². The Morgan fingerprint density at radius 2 is 1.81 bits per heavy atom. The van der Waals surface area contributed by atoms with Gasteiger partial charge in [0.25, 0.3) is 0 Å². The van der Waals surface area contributed by atoms with Crippen LogP contribution in [0.2, 0.25) is 0 Å². The smallest absolute Gasteiger partial charge is 0.225 e. The van der Waals surface area contributed by atoms with Crippen LogP contribution in [0, 0.1) is 6.92 Å². The number of rotatable bonds is 6. The maximum atomic E-state index is 12.8. The van der Waals surface area contributed by atoms with Crippen molar-refractivity contribution in [2.24, 2.45) is 0 Å². The van der Waals surface area contributed by atoms with Gasteiger partial charge in [0.05, 0.1) is 18.9 Å². The van der Waals surface area contributed by atoms with E-state index in [0.717, 1.165) is 31.9 Å². The maximum absolute atomic E-state index is 12.8. The molecule has 136 valence electrons. The number of nitrogens with one attached hydrogen (secondary N) is 1. The molecule has 3 rings (SSSR count). The molecule has 0 atom stereocenters. The number of amides is 1. The second-order valence-corrected chi connectivity index (χ2v) is 6.50. The third-order valence-electron chi connectivity index (χ3n) is 4.49. The van der Waals surface area contributed by atoms with E-state index in [0.29, 0.717) is 29.8 Å². The van der Waals surface area contributed by atoms with Gasteiger partial charge in [-0.3, -0.25) is 14.5 Å². The fourth-order valence-electron chi connectivity index (χ4n) is 3.00. The van der Waals surface area contributed by atoms with Gasteiger partial charge in [0.2, 0.25) is 5.91 Å². The SMILES string of the molecule is Cc1ccc(NC(=O)CCN2CCOCC2)c(C(=O)c2ccccc2)c1. The zero-order valence-electron chi connectivity index (χ0n) is 15.0. The number of carbonyl (C=O) groups is 2. The van der Waals surface area contributed by atoms with E-state index in [2.05, 4.69) is 10.2 Å². The first kappa shape index (κ1) is 18.3. The van der Waals surface area contributed by atoms with Crippen LogP contribution in [0.5, 0.6) is 0 Å². The van der Waals surface area contributed by atoms with Crippen molar-refractivity contribution in [3.8, 4) is 0 Å². The van der Waals surface area contributed by atoms with Gasteiger partial charge >= 0.3 is 0 Å². The summed E-state index contributed by atoms with van der Waals surface area (Å²) in [6.45, 7) is 5.78. The first-order chi connectivity index (χ1) is 12.6. The summed E-state index contributed by atoms with van der Waals surface area (Å²) in [6.07, 6.45) is 0.396. The molecule has 1 fully saturated rings. The van der Waals surface area contributed by atoms with Gasteiger partial charge < -0.3 is 10.1 Å². The number of ether oxygens (including phenoxy) is 1. The molecule has 1 amide bonds. The minimum Gasteiger partial charge on any atom is -0.379 e. The predicted octanol–water partition coefficient (Wildman–Crippen LogP) is 2.89. The van der Waals surface area contributed by atoms with E-state index in [4.69, 9.17) is 4.74 Å². The number of nitrogens with zero attached hydrogens (tertiary/aromatic N) is 1. The molecule has 0 spiro atoms. The topological polar surface area (TPSA) is 58.6 Å². The molecule has 0 saturated carbocycles. The van der Waals surface area contributed by atoms with Gasteiger partial charge in [0.15, 0.2) is 5.78 Å². The number of hydrogen-bond acceptors (Lipinski definition) is 4. The average molecular weight is 352 g/mol. The van der Waals surface area contributed by atoms with Gasteiger partial charge in [-0.15, -0.1) is 0 Å². The molecule has 1 N–H and O–H groups in total. The quantitative estimate of drug-likeness (QED) is 0.812. The summed E-state index contributed by atoms with van der Waals surface area (Å²) >= 11 is 0. The van der Waals surface area contributed by atoms with Gasteiger partial charge in [0.1, 0.15) is 0 Å². The molecule has 2 aromatic carbocycles. The van der Waals surface area contributed by atoms with Crippen molar-refractivity contribution in [3.05, 3.63) is 65.2 Å². The van der Waals surface area contributed by atoms with Crippen molar-refractivity contribution < 1.29 is 14.3 Å². The van der Waals surface area contributed by atoms with E-state index in [1.165, 1.54) is 0 Å². The molecule has 5 heteroatoms. The van der Waals surface area contributed by atoms with Crippen LogP contribution in [0.25, 0.3) is 0 Å². The minimum atomic E-state index is -0.0854. The lowest BCUT2D eigenvalue weighted by molar-refractivity contribution is -0.116. The number of benzene rings is 2. The van der Waals surface area contributed by atoms with Crippen LogP contribution in [-0.2, 0) is 9.53 Å². The lowest BCUT2D eigenvalue weighted by Gasteiger charge is -2.26. The predicted molar refractivity (Wildman–Crippen MR) is 102 cm³/mol. The third kappa shape index (κ3) is 4.77. The summed E-state index contributed by atoms with van der Waals surface area (Å²) in [5.74, 6) is -0.166. The Morgan fingerprint density at radius 3 is 2.54 bits per heavy atom. The summed E-state index contributed by atoms with van der Waals surface area (Å²) in [5, 5.41) is 2.91. The molecule has 0 bridgehead atoms. The molecule has 1 heterocycles. The Morgan fingerprint density at radius 1 is 1.08 bits per heavy atom. The first-order valence-corrected chi connectivity index (χ1v) is 8.94. The van der Waals surface area contributed by atoms with Crippen molar-refractivity contribution in [2.75, 3.05) is 38.2 Å². The van der Waals surface area contributed by atoms with Crippen LogP contribution in [0.1, 0.15) is 27.9 Å². The second kappa shape index (κ2) is 8.74. The maximum Gasteiger partial charge on any atom is 0.225 e. The van der Waals surface area contributed by atoms with Gasteiger partial charge in [-0.05, 0) is 19.1 Å². The average Bonchev–Trinajstić information content (AvgIpc) is 2.69. The van der Waals surface area contributed by atoms with Crippen LogP contribution in [-0.4, -0.2) is 49.4 Å². The highest BCUT2D eigenvalue weighted by Gasteiger charge is 2.17. The highest BCUT2D eigenvalue weighted by molar-refractivity contribution is 6.13. The monoisotopic (exact) mass is 352 g/mol. The molecule has 26 heavy (non-hydrogen) atoms. The van der Waals surface area contributed by atoms with Crippen LogP contribution in [0.15, 0.2) is 48.5 Å². The second-order valence-electron chi connectivity index (χ2n) is 6.50. The molecule has 1 aliphatic heterocycles. The van der Waals surface area contributed by atoms with Crippen LogP contribution in [0.3, 0.4) is 0 Å². The van der Waals surface area contributed by atoms with E-state index in [-0.39, 0.29) is 11.7 Å². The summed E-state index contributed by atoms with van der Waals surface area (Å²) in [7, 11) is 0. The summed E-state index contributed by atoms with van der Waals surface area (Å²) < 4.78 is 5.32. The molecule has 0 unspecified atom stereocenters. The Bertz CT molecular complexity index is 768. The Hall–Kier alpha value is -2.50. The Kier molecular flexibility index (Phi) is 6.15. The van der Waals surface area contributed by atoms with E-state index in [1.54, 1.807) is 18.2 Å². The first-order valence-electron chi connectivity index (χ1n) is 8.94. The van der Waals surface area contributed by atoms with Crippen LogP contribution < -0.4 is 5.32 Å². The van der Waals surface area contributed by atoms with Crippen molar-refractivity contribution >= 4 is 17.4 Å². The standard InChI is InChI=1S/C21H24N2O3/c1-16-7-8-19(18(15-16)21(25)17-5-3-2-4-6-17)22-20(24)9-10-23-11-13-26-14-12-23/h2-8,15H,9-14H2,1H3,(H,22,24). The van der Waals surface area contributed by atoms with Crippen LogP contribution >= 0.6 is 0 Å². The Balaban J connectivity index is 1.69. The van der Waals surface area contributed by atoms with Crippen LogP contribution in [0.4, 0.5) is 5.69 Å². The molecular formula is C21H24N2O3. The normalized spacial score (nSPS) is 14.8. The summed E-state index contributed by atoms with van der Waals surface area (Å²) in [4.78, 5) is 27.4.